The number of carbonyl (C=O) groups excluding carboxylic acids is 1. The van der Waals surface area contributed by atoms with Gasteiger partial charge in [0.1, 0.15) is 12.4 Å². The van der Waals surface area contributed by atoms with Gasteiger partial charge < -0.3 is 9.47 Å². The summed E-state index contributed by atoms with van der Waals surface area (Å²) in [5.41, 5.74) is 1.02. The fourth-order valence-corrected chi connectivity index (χ4v) is 2.80. The van der Waals surface area contributed by atoms with Crippen molar-refractivity contribution in [2.75, 3.05) is 0 Å². The Labute approximate surface area is 130 Å². The van der Waals surface area contributed by atoms with Crippen molar-refractivity contribution in [1.82, 2.24) is 0 Å². The number of hydrogen-bond donors (Lipinski definition) is 0. The minimum absolute atomic E-state index is 0.0441. The maximum atomic E-state index is 12.1. The lowest BCUT2D eigenvalue weighted by molar-refractivity contribution is -0.149. The van der Waals surface area contributed by atoms with Crippen LogP contribution in [0.5, 0.6) is 5.75 Å². The van der Waals surface area contributed by atoms with Gasteiger partial charge in [-0.15, -0.1) is 0 Å². The molecule has 0 N–H and O–H groups in total. The lowest BCUT2D eigenvalue weighted by Gasteiger charge is -2.14. The summed E-state index contributed by atoms with van der Waals surface area (Å²) in [5, 5.41) is 0. The van der Waals surface area contributed by atoms with Crippen molar-refractivity contribution in [3.8, 4) is 5.75 Å². The number of esters is 1. The number of rotatable bonds is 5. The van der Waals surface area contributed by atoms with Crippen molar-refractivity contribution in [3.05, 3.63) is 66.2 Å². The minimum atomic E-state index is -0.108. The molecule has 114 valence electrons. The number of hydrogen-bond acceptors (Lipinski definition) is 3. The van der Waals surface area contributed by atoms with Gasteiger partial charge in [0.2, 0.25) is 0 Å². The molecule has 0 aliphatic heterocycles. The third-order valence-electron chi connectivity index (χ3n) is 3.99. The third kappa shape index (κ3) is 3.88. The number of benzene rings is 2. The fraction of sp³-hybridized carbons (Fsp3) is 0.316. The summed E-state index contributed by atoms with van der Waals surface area (Å²) in [7, 11) is 0. The highest BCUT2D eigenvalue weighted by Crippen LogP contribution is 2.30. The van der Waals surface area contributed by atoms with Crippen LogP contribution in [0.1, 0.15) is 24.8 Å². The summed E-state index contributed by atoms with van der Waals surface area (Å²) >= 11 is 0. The molecule has 1 aliphatic rings. The fourth-order valence-electron chi connectivity index (χ4n) is 2.80. The van der Waals surface area contributed by atoms with Crippen LogP contribution in [0.25, 0.3) is 0 Å². The van der Waals surface area contributed by atoms with Crippen molar-refractivity contribution in [1.29, 1.82) is 0 Å². The Morgan fingerprint density at radius 2 is 1.64 bits per heavy atom. The van der Waals surface area contributed by atoms with Gasteiger partial charge in [-0.3, -0.25) is 4.79 Å². The second kappa shape index (κ2) is 7.12. The molecule has 3 nitrogen and oxygen atoms in total. The standard InChI is InChI=1S/C19H20O3/c20-19(21-14-15-7-3-1-4-8-15)16-11-12-18(13-16)22-17-9-5-2-6-10-17/h1-10,16,18H,11-14H2/t16-,18-/m1/s1. The third-order valence-corrected chi connectivity index (χ3v) is 3.99. The molecule has 1 saturated carbocycles. The molecule has 2 atom stereocenters. The average Bonchev–Trinajstić information content (AvgIpc) is 3.03. The summed E-state index contributed by atoms with van der Waals surface area (Å²) in [6, 6.07) is 19.5. The van der Waals surface area contributed by atoms with E-state index < -0.39 is 0 Å². The van der Waals surface area contributed by atoms with Crippen LogP contribution < -0.4 is 4.74 Å². The van der Waals surface area contributed by atoms with Crippen molar-refractivity contribution < 1.29 is 14.3 Å². The first-order chi connectivity index (χ1) is 10.8. The Morgan fingerprint density at radius 3 is 2.36 bits per heavy atom. The first-order valence-electron chi connectivity index (χ1n) is 7.73. The van der Waals surface area contributed by atoms with E-state index in [4.69, 9.17) is 9.47 Å². The molecule has 1 aliphatic carbocycles. The number of carbonyl (C=O) groups is 1. The molecule has 0 heterocycles. The zero-order valence-corrected chi connectivity index (χ0v) is 12.5. The second-order valence-electron chi connectivity index (χ2n) is 5.66. The molecule has 0 aromatic heterocycles. The van der Waals surface area contributed by atoms with E-state index in [1.807, 2.05) is 60.7 Å². The summed E-state index contributed by atoms with van der Waals surface area (Å²) in [4.78, 5) is 12.1. The van der Waals surface area contributed by atoms with Crippen LogP contribution in [0, 0.1) is 5.92 Å². The minimum Gasteiger partial charge on any atom is -0.490 e. The molecule has 1 fully saturated rings. The number of para-hydroxylation sites is 1. The predicted molar refractivity (Wildman–Crippen MR) is 84.4 cm³/mol. The topological polar surface area (TPSA) is 35.5 Å². The van der Waals surface area contributed by atoms with E-state index in [9.17, 15) is 4.79 Å². The van der Waals surface area contributed by atoms with Gasteiger partial charge in [-0.2, -0.15) is 0 Å². The lowest BCUT2D eigenvalue weighted by atomic mass is 10.1. The number of ether oxygens (including phenoxy) is 2. The molecule has 0 unspecified atom stereocenters. The van der Waals surface area contributed by atoms with Crippen LogP contribution in [-0.4, -0.2) is 12.1 Å². The SMILES string of the molecule is O=C(OCc1ccccc1)[C@@H]1CC[C@@H](Oc2ccccc2)C1. The maximum absolute atomic E-state index is 12.1. The Morgan fingerprint density at radius 1 is 0.955 bits per heavy atom. The van der Waals surface area contributed by atoms with E-state index in [1.54, 1.807) is 0 Å². The lowest BCUT2D eigenvalue weighted by Crippen LogP contribution is -2.18. The predicted octanol–water partition coefficient (Wildman–Crippen LogP) is 3.98. The van der Waals surface area contributed by atoms with Gasteiger partial charge in [-0.25, -0.2) is 0 Å². The van der Waals surface area contributed by atoms with Crippen LogP contribution in [0.2, 0.25) is 0 Å². The normalized spacial score (nSPS) is 20.5. The summed E-state index contributed by atoms with van der Waals surface area (Å²) in [6.45, 7) is 0.348. The summed E-state index contributed by atoms with van der Waals surface area (Å²) < 4.78 is 11.3. The zero-order chi connectivity index (χ0) is 15.2. The van der Waals surface area contributed by atoms with Crippen LogP contribution in [0.3, 0.4) is 0 Å². The highest BCUT2D eigenvalue weighted by atomic mass is 16.5. The Bertz CT molecular complexity index is 595. The van der Waals surface area contributed by atoms with Gasteiger partial charge in [-0.1, -0.05) is 48.5 Å². The second-order valence-corrected chi connectivity index (χ2v) is 5.66. The molecule has 22 heavy (non-hydrogen) atoms. The van der Waals surface area contributed by atoms with Crippen LogP contribution in [0.4, 0.5) is 0 Å². The molecular weight excluding hydrogens is 276 g/mol. The molecule has 2 aromatic rings. The van der Waals surface area contributed by atoms with Gasteiger partial charge in [-0.05, 0) is 37.0 Å². The van der Waals surface area contributed by atoms with Gasteiger partial charge in [0.15, 0.2) is 0 Å². The zero-order valence-electron chi connectivity index (χ0n) is 12.5. The Balaban J connectivity index is 1.46. The molecule has 0 saturated heterocycles. The maximum Gasteiger partial charge on any atom is 0.309 e. The first kappa shape index (κ1) is 14.6. The summed E-state index contributed by atoms with van der Waals surface area (Å²) in [6.07, 6.45) is 2.59. The molecule has 3 rings (SSSR count). The van der Waals surface area contributed by atoms with Crippen molar-refractivity contribution in [2.24, 2.45) is 5.92 Å². The first-order valence-corrected chi connectivity index (χ1v) is 7.73. The van der Waals surface area contributed by atoms with E-state index in [-0.39, 0.29) is 18.0 Å². The smallest absolute Gasteiger partial charge is 0.309 e. The summed E-state index contributed by atoms with van der Waals surface area (Å²) in [5.74, 6) is 0.714. The van der Waals surface area contributed by atoms with Crippen LogP contribution >= 0.6 is 0 Å². The highest BCUT2D eigenvalue weighted by molar-refractivity contribution is 5.72. The molecule has 2 aromatic carbocycles. The highest BCUT2D eigenvalue weighted by Gasteiger charge is 2.32. The van der Waals surface area contributed by atoms with Crippen LogP contribution in [-0.2, 0) is 16.1 Å². The quantitative estimate of drug-likeness (QED) is 0.783. The van der Waals surface area contributed by atoms with E-state index in [1.165, 1.54) is 0 Å². The van der Waals surface area contributed by atoms with E-state index in [0.29, 0.717) is 6.61 Å². The molecule has 0 spiro atoms. The molecular formula is C19H20O3. The Kier molecular flexibility index (Phi) is 4.74. The van der Waals surface area contributed by atoms with E-state index in [2.05, 4.69) is 0 Å². The van der Waals surface area contributed by atoms with E-state index in [0.717, 1.165) is 30.6 Å². The van der Waals surface area contributed by atoms with Gasteiger partial charge >= 0.3 is 5.97 Å². The molecule has 0 radical (unpaired) electrons. The van der Waals surface area contributed by atoms with Crippen molar-refractivity contribution >= 4 is 5.97 Å². The van der Waals surface area contributed by atoms with E-state index >= 15 is 0 Å². The van der Waals surface area contributed by atoms with Gasteiger partial charge in [0.25, 0.3) is 0 Å². The molecule has 0 amide bonds. The molecule has 0 bridgehead atoms. The van der Waals surface area contributed by atoms with Gasteiger partial charge in [0.05, 0.1) is 12.0 Å². The average molecular weight is 296 g/mol. The largest absolute Gasteiger partial charge is 0.490 e. The molecule has 3 heteroatoms. The monoisotopic (exact) mass is 296 g/mol. The van der Waals surface area contributed by atoms with Crippen LogP contribution in [0.15, 0.2) is 60.7 Å². The van der Waals surface area contributed by atoms with Gasteiger partial charge in [0, 0.05) is 0 Å². The van der Waals surface area contributed by atoms with Crippen molar-refractivity contribution in [3.63, 3.8) is 0 Å². The Hall–Kier alpha value is -2.29. The van der Waals surface area contributed by atoms with Crippen molar-refractivity contribution in [2.45, 2.75) is 32.0 Å².